The Balaban J connectivity index is 0.000000258. The number of H-pyrrole nitrogens is 1. The fraction of sp³-hybridized carbons (Fsp3) is 0.167. The Kier molecular flexibility index (Phi) is 4.90. The number of carboxylic acid groups (broad SMARTS) is 2. The van der Waals surface area contributed by atoms with E-state index in [9.17, 15) is 5.11 Å². The molecule has 0 saturated carbocycles. The molecule has 0 saturated heterocycles. The van der Waals surface area contributed by atoms with Gasteiger partial charge in [0.05, 0.1) is 0 Å². The lowest BCUT2D eigenvalue weighted by atomic mass is 10.1. The number of hydrogen-bond acceptors (Lipinski definition) is 4. The van der Waals surface area contributed by atoms with Crippen molar-refractivity contribution in [3.05, 3.63) is 30.0 Å². The molecule has 0 atom stereocenters. The summed E-state index contributed by atoms with van der Waals surface area (Å²) in [4.78, 5) is 21.3. The number of benzene rings is 1. The third-order valence-corrected chi connectivity index (χ3v) is 2.35. The summed E-state index contributed by atoms with van der Waals surface area (Å²) in [6.07, 6.45) is 2.81. The van der Waals surface area contributed by atoms with Crippen LogP contribution in [0.2, 0.25) is 0 Å². The molecule has 19 heavy (non-hydrogen) atoms. The summed E-state index contributed by atoms with van der Waals surface area (Å²) in [7, 11) is 0. The molecule has 0 bridgehead atoms. The molecule has 102 valence electrons. The van der Waals surface area contributed by atoms with Crippen molar-refractivity contribution >= 4 is 22.8 Å². The van der Waals surface area contributed by atoms with Crippen molar-refractivity contribution in [2.75, 3.05) is 6.54 Å². The molecule has 6 N–H and O–H groups in total. The molecule has 0 fully saturated rings. The Morgan fingerprint density at radius 2 is 1.84 bits per heavy atom. The molecule has 1 aromatic heterocycles. The van der Waals surface area contributed by atoms with Gasteiger partial charge in [-0.3, -0.25) is 0 Å². The molecule has 0 unspecified atom stereocenters. The molecule has 0 spiro atoms. The van der Waals surface area contributed by atoms with Crippen LogP contribution in [0.15, 0.2) is 24.4 Å². The van der Waals surface area contributed by atoms with E-state index in [0.29, 0.717) is 6.54 Å². The molecule has 0 radical (unpaired) electrons. The minimum absolute atomic E-state index is 0.286. The van der Waals surface area contributed by atoms with E-state index in [1.807, 2.05) is 12.3 Å². The van der Waals surface area contributed by atoms with Crippen LogP contribution in [0.25, 0.3) is 10.9 Å². The van der Waals surface area contributed by atoms with Crippen LogP contribution in [0.5, 0.6) is 5.75 Å². The predicted octanol–water partition coefficient (Wildman–Crippen LogP) is 0.530. The lowest BCUT2D eigenvalue weighted by Gasteiger charge is -1.95. The number of nitrogens with one attached hydrogen (secondary N) is 1. The van der Waals surface area contributed by atoms with E-state index in [0.717, 1.165) is 17.3 Å². The van der Waals surface area contributed by atoms with Crippen molar-refractivity contribution in [3.8, 4) is 5.75 Å². The second-order valence-corrected chi connectivity index (χ2v) is 3.69. The quantitative estimate of drug-likeness (QED) is 0.503. The molecule has 2 rings (SSSR count). The Bertz CT molecular complexity index is 579. The first-order valence-corrected chi connectivity index (χ1v) is 5.41. The Morgan fingerprint density at radius 1 is 1.21 bits per heavy atom. The van der Waals surface area contributed by atoms with Crippen LogP contribution < -0.4 is 5.73 Å². The van der Waals surface area contributed by atoms with Gasteiger partial charge in [0.25, 0.3) is 0 Å². The summed E-state index contributed by atoms with van der Waals surface area (Å²) in [6.45, 7) is 0.647. The summed E-state index contributed by atoms with van der Waals surface area (Å²) in [5.74, 6) is -3.36. The number of carboxylic acids is 2. The lowest BCUT2D eigenvalue weighted by molar-refractivity contribution is -0.159. The molecule has 0 aliphatic carbocycles. The van der Waals surface area contributed by atoms with E-state index in [2.05, 4.69) is 4.98 Å². The molecule has 0 amide bonds. The van der Waals surface area contributed by atoms with Crippen molar-refractivity contribution < 1.29 is 24.9 Å². The molecular formula is C12H14N2O5. The smallest absolute Gasteiger partial charge is 0.414 e. The maximum absolute atomic E-state index is 9.22. The molecule has 0 aliphatic rings. The Morgan fingerprint density at radius 3 is 2.37 bits per heavy atom. The lowest BCUT2D eigenvalue weighted by Crippen LogP contribution is -2.09. The van der Waals surface area contributed by atoms with Crippen LogP contribution in [0.1, 0.15) is 5.56 Å². The second-order valence-electron chi connectivity index (χ2n) is 3.69. The van der Waals surface area contributed by atoms with Gasteiger partial charge in [-0.25, -0.2) is 9.59 Å². The van der Waals surface area contributed by atoms with Crippen LogP contribution in [-0.2, 0) is 16.0 Å². The first kappa shape index (κ1) is 14.5. The number of phenolic OH excluding ortho intramolecular Hbond substituents is 1. The number of fused-ring (bicyclic) bond motifs is 1. The number of hydrogen-bond donors (Lipinski definition) is 5. The maximum atomic E-state index is 9.22. The highest BCUT2D eigenvalue weighted by atomic mass is 16.4. The molecule has 2 aromatic rings. The minimum atomic E-state index is -1.82. The maximum Gasteiger partial charge on any atom is 0.414 e. The number of aromatic amines is 1. The molecular weight excluding hydrogens is 252 g/mol. The number of aromatic nitrogens is 1. The Hall–Kier alpha value is -2.54. The van der Waals surface area contributed by atoms with E-state index >= 15 is 0 Å². The second kappa shape index (κ2) is 6.41. The van der Waals surface area contributed by atoms with Gasteiger partial charge >= 0.3 is 11.9 Å². The fourth-order valence-corrected chi connectivity index (χ4v) is 1.54. The summed E-state index contributed by atoms with van der Waals surface area (Å²) < 4.78 is 0. The van der Waals surface area contributed by atoms with Crippen molar-refractivity contribution in [2.45, 2.75) is 6.42 Å². The van der Waals surface area contributed by atoms with Gasteiger partial charge in [-0.15, -0.1) is 0 Å². The standard InChI is InChI=1S/C10H12N2O.C2H2O4/c11-4-3-7-6-12-10-5-8(13)1-2-9(7)10;3-1(4)2(5)6/h1-2,5-6,12-13H,3-4,11H2;(H,3,4)(H,5,6). The van der Waals surface area contributed by atoms with E-state index in [1.165, 1.54) is 5.56 Å². The highest BCUT2D eigenvalue weighted by Gasteiger charge is 2.04. The van der Waals surface area contributed by atoms with Crippen LogP contribution >= 0.6 is 0 Å². The molecule has 1 heterocycles. The summed E-state index contributed by atoms with van der Waals surface area (Å²) in [6, 6.07) is 5.32. The highest BCUT2D eigenvalue weighted by Crippen LogP contribution is 2.22. The van der Waals surface area contributed by atoms with Gasteiger partial charge in [0.15, 0.2) is 0 Å². The molecule has 0 aliphatic heterocycles. The van der Waals surface area contributed by atoms with Crippen LogP contribution in [0.3, 0.4) is 0 Å². The van der Waals surface area contributed by atoms with Crippen LogP contribution in [-0.4, -0.2) is 38.8 Å². The minimum Gasteiger partial charge on any atom is -0.508 e. The number of aliphatic carboxylic acids is 2. The molecule has 7 heteroatoms. The van der Waals surface area contributed by atoms with E-state index < -0.39 is 11.9 Å². The third-order valence-electron chi connectivity index (χ3n) is 2.35. The number of carbonyl (C=O) groups is 2. The fourth-order valence-electron chi connectivity index (χ4n) is 1.54. The average molecular weight is 266 g/mol. The number of phenols is 1. The van der Waals surface area contributed by atoms with Crippen molar-refractivity contribution in [1.82, 2.24) is 4.98 Å². The first-order chi connectivity index (χ1) is 8.95. The zero-order chi connectivity index (χ0) is 14.4. The van der Waals surface area contributed by atoms with Crippen LogP contribution in [0, 0.1) is 0 Å². The van der Waals surface area contributed by atoms with Crippen molar-refractivity contribution in [1.29, 1.82) is 0 Å². The normalized spacial score (nSPS) is 9.74. The summed E-state index contributed by atoms with van der Waals surface area (Å²) in [5.41, 5.74) is 7.64. The third kappa shape index (κ3) is 4.00. The van der Waals surface area contributed by atoms with Gasteiger partial charge in [0.2, 0.25) is 0 Å². The van der Waals surface area contributed by atoms with Gasteiger partial charge in [-0.2, -0.15) is 0 Å². The largest absolute Gasteiger partial charge is 0.508 e. The molecule has 7 nitrogen and oxygen atoms in total. The van der Waals surface area contributed by atoms with E-state index in [4.69, 9.17) is 25.5 Å². The number of aromatic hydroxyl groups is 1. The van der Waals surface area contributed by atoms with Gasteiger partial charge in [-0.05, 0) is 30.7 Å². The number of rotatable bonds is 2. The topological polar surface area (TPSA) is 137 Å². The van der Waals surface area contributed by atoms with Crippen molar-refractivity contribution in [2.24, 2.45) is 5.73 Å². The van der Waals surface area contributed by atoms with Gasteiger partial charge in [-0.1, -0.05) is 0 Å². The van der Waals surface area contributed by atoms with Gasteiger partial charge in [0, 0.05) is 23.2 Å². The highest BCUT2D eigenvalue weighted by molar-refractivity contribution is 6.27. The van der Waals surface area contributed by atoms with Gasteiger partial charge in [0.1, 0.15) is 5.75 Å². The predicted molar refractivity (Wildman–Crippen MR) is 68.0 cm³/mol. The summed E-state index contributed by atoms with van der Waals surface area (Å²) >= 11 is 0. The Labute approximate surface area is 108 Å². The van der Waals surface area contributed by atoms with Gasteiger partial charge < -0.3 is 26.0 Å². The monoisotopic (exact) mass is 266 g/mol. The van der Waals surface area contributed by atoms with Crippen LogP contribution in [0.4, 0.5) is 0 Å². The first-order valence-electron chi connectivity index (χ1n) is 5.41. The van der Waals surface area contributed by atoms with E-state index in [1.54, 1.807) is 12.1 Å². The van der Waals surface area contributed by atoms with E-state index in [-0.39, 0.29) is 5.75 Å². The zero-order valence-electron chi connectivity index (χ0n) is 9.96. The molecule has 1 aromatic carbocycles. The van der Waals surface area contributed by atoms with Crippen molar-refractivity contribution in [3.63, 3.8) is 0 Å². The zero-order valence-corrected chi connectivity index (χ0v) is 9.96. The average Bonchev–Trinajstić information content (AvgIpc) is 2.73. The SMILES string of the molecule is NCCc1c[nH]c2cc(O)ccc12.O=C(O)C(=O)O. The summed E-state index contributed by atoms with van der Waals surface area (Å²) in [5, 5.41) is 25.1. The number of nitrogens with two attached hydrogens (primary N) is 1.